The van der Waals surface area contributed by atoms with Crippen molar-refractivity contribution in [2.24, 2.45) is 5.10 Å². The molecule has 0 radical (unpaired) electrons. The molecule has 0 saturated carbocycles. The maximum atomic E-state index is 12.8. The molecule has 0 aliphatic rings. The molecule has 0 amide bonds. The van der Waals surface area contributed by atoms with Gasteiger partial charge in [0.05, 0.1) is 24.1 Å². The molecule has 0 bridgehead atoms. The average molecular weight is 308 g/mol. The van der Waals surface area contributed by atoms with E-state index < -0.39 is 11.7 Å². The monoisotopic (exact) mass is 308 g/mol. The second kappa shape index (κ2) is 6.98. The summed E-state index contributed by atoms with van der Waals surface area (Å²) >= 11 is 0. The first-order valence-electron chi connectivity index (χ1n) is 6.69. The third-order valence-electron chi connectivity index (χ3n) is 2.82. The zero-order chi connectivity index (χ0) is 16.0. The van der Waals surface area contributed by atoms with Crippen molar-refractivity contribution < 1.29 is 17.9 Å². The van der Waals surface area contributed by atoms with Gasteiger partial charge in [0, 0.05) is 0 Å². The van der Waals surface area contributed by atoms with E-state index in [0.717, 1.165) is 17.4 Å². The number of hydrogen-bond donors (Lipinski definition) is 1. The minimum atomic E-state index is -4.42. The Balaban J connectivity index is 2.07. The molecule has 116 valence electrons. The first-order valence-corrected chi connectivity index (χ1v) is 6.69. The summed E-state index contributed by atoms with van der Waals surface area (Å²) in [5.74, 6) is 0.732. The molecule has 0 unspecified atom stereocenters. The molecular weight excluding hydrogens is 293 g/mol. The van der Waals surface area contributed by atoms with Crippen molar-refractivity contribution in [2.45, 2.75) is 13.1 Å². The Morgan fingerprint density at radius 1 is 1.09 bits per heavy atom. The van der Waals surface area contributed by atoms with Gasteiger partial charge in [-0.1, -0.05) is 12.1 Å². The maximum absolute atomic E-state index is 12.8. The predicted octanol–water partition coefficient (Wildman–Crippen LogP) is 4.55. The van der Waals surface area contributed by atoms with E-state index in [9.17, 15) is 13.2 Å². The van der Waals surface area contributed by atoms with E-state index in [1.165, 1.54) is 24.4 Å². The zero-order valence-electron chi connectivity index (χ0n) is 11.9. The number of hydrogen-bond acceptors (Lipinski definition) is 3. The van der Waals surface area contributed by atoms with Crippen LogP contribution in [0.25, 0.3) is 0 Å². The molecule has 0 aliphatic carbocycles. The van der Waals surface area contributed by atoms with Crippen LogP contribution in [0.15, 0.2) is 53.6 Å². The van der Waals surface area contributed by atoms with Gasteiger partial charge in [-0.25, -0.2) is 0 Å². The van der Waals surface area contributed by atoms with E-state index in [0.29, 0.717) is 6.61 Å². The number of benzene rings is 2. The number of nitrogens with one attached hydrogen (secondary N) is 1. The lowest BCUT2D eigenvalue weighted by Gasteiger charge is -2.11. The highest BCUT2D eigenvalue weighted by Crippen LogP contribution is 2.34. The summed E-state index contributed by atoms with van der Waals surface area (Å²) in [5.41, 5.74) is 2.34. The minimum absolute atomic E-state index is 0.0859. The second-order valence-electron chi connectivity index (χ2n) is 4.42. The molecular formula is C16H15F3N2O. The standard InChI is InChI=1S/C16H15F3N2O/c1-2-22-13-9-7-12(8-10-13)11-20-21-15-6-4-3-5-14(15)16(17,18)19/h3-11,21H,2H2,1H3/b20-11-. The molecule has 2 rings (SSSR count). The molecule has 0 spiro atoms. The highest BCUT2D eigenvalue weighted by molar-refractivity contribution is 5.80. The van der Waals surface area contributed by atoms with Crippen LogP contribution in [0.1, 0.15) is 18.1 Å². The quantitative estimate of drug-likeness (QED) is 0.649. The van der Waals surface area contributed by atoms with Gasteiger partial charge in [-0.3, -0.25) is 5.43 Å². The maximum Gasteiger partial charge on any atom is 0.418 e. The smallest absolute Gasteiger partial charge is 0.418 e. The summed E-state index contributed by atoms with van der Waals surface area (Å²) in [6.07, 6.45) is -2.97. The summed E-state index contributed by atoms with van der Waals surface area (Å²) in [6.45, 7) is 2.46. The van der Waals surface area contributed by atoms with Crippen LogP contribution < -0.4 is 10.2 Å². The summed E-state index contributed by atoms with van der Waals surface area (Å²) in [5, 5.41) is 3.85. The number of halogens is 3. The fourth-order valence-electron chi connectivity index (χ4n) is 1.82. The van der Waals surface area contributed by atoms with Gasteiger partial charge >= 0.3 is 6.18 Å². The van der Waals surface area contributed by atoms with Crippen molar-refractivity contribution in [3.63, 3.8) is 0 Å². The van der Waals surface area contributed by atoms with Gasteiger partial charge in [-0.05, 0) is 48.9 Å². The molecule has 22 heavy (non-hydrogen) atoms. The van der Waals surface area contributed by atoms with Crippen molar-refractivity contribution >= 4 is 11.9 Å². The fraction of sp³-hybridized carbons (Fsp3) is 0.188. The van der Waals surface area contributed by atoms with Gasteiger partial charge in [0.1, 0.15) is 5.75 Å². The van der Waals surface area contributed by atoms with Gasteiger partial charge in [-0.15, -0.1) is 0 Å². The largest absolute Gasteiger partial charge is 0.494 e. The third kappa shape index (κ3) is 4.25. The lowest BCUT2D eigenvalue weighted by Crippen LogP contribution is -2.08. The normalized spacial score (nSPS) is 11.6. The molecule has 1 N–H and O–H groups in total. The highest BCUT2D eigenvalue weighted by Gasteiger charge is 2.33. The Kier molecular flexibility index (Phi) is 5.04. The molecule has 0 atom stereocenters. The molecule has 2 aromatic rings. The summed E-state index contributed by atoms with van der Waals surface area (Å²) in [4.78, 5) is 0. The number of hydrazone groups is 1. The van der Waals surface area contributed by atoms with Crippen molar-refractivity contribution in [1.29, 1.82) is 0 Å². The molecule has 0 aliphatic heterocycles. The van der Waals surface area contributed by atoms with Crippen LogP contribution in [0.5, 0.6) is 5.75 Å². The summed E-state index contributed by atoms with van der Waals surface area (Å²) < 4.78 is 43.7. The Morgan fingerprint density at radius 3 is 2.41 bits per heavy atom. The number of rotatable bonds is 5. The van der Waals surface area contributed by atoms with Crippen LogP contribution in [0.3, 0.4) is 0 Å². The molecule has 6 heteroatoms. The summed E-state index contributed by atoms with van der Waals surface area (Å²) in [6, 6.07) is 12.3. The lowest BCUT2D eigenvalue weighted by molar-refractivity contribution is -0.136. The van der Waals surface area contributed by atoms with Gasteiger partial charge in [0.2, 0.25) is 0 Å². The molecule has 0 fully saturated rings. The number of nitrogens with zero attached hydrogens (tertiary/aromatic N) is 1. The fourth-order valence-corrected chi connectivity index (χ4v) is 1.82. The molecule has 0 heterocycles. The van der Waals surface area contributed by atoms with Crippen LogP contribution in [-0.2, 0) is 6.18 Å². The SMILES string of the molecule is CCOc1ccc(/C=N\Nc2ccccc2C(F)(F)F)cc1. The first kappa shape index (κ1) is 15.9. The van der Waals surface area contributed by atoms with Gasteiger partial charge in [0.15, 0.2) is 0 Å². The Morgan fingerprint density at radius 2 is 1.77 bits per heavy atom. The number of ether oxygens (including phenoxy) is 1. The van der Waals surface area contributed by atoms with E-state index in [-0.39, 0.29) is 5.69 Å². The Hall–Kier alpha value is -2.50. The third-order valence-corrected chi connectivity index (χ3v) is 2.82. The number of para-hydroxylation sites is 1. The van der Waals surface area contributed by atoms with Gasteiger partial charge in [0.25, 0.3) is 0 Å². The van der Waals surface area contributed by atoms with Crippen LogP contribution >= 0.6 is 0 Å². The topological polar surface area (TPSA) is 33.6 Å². The van der Waals surface area contributed by atoms with Crippen molar-refractivity contribution in [3.05, 3.63) is 59.7 Å². The second-order valence-corrected chi connectivity index (χ2v) is 4.42. The van der Waals surface area contributed by atoms with E-state index in [1.54, 1.807) is 24.3 Å². The van der Waals surface area contributed by atoms with Gasteiger partial charge in [-0.2, -0.15) is 18.3 Å². The molecule has 0 aromatic heterocycles. The van der Waals surface area contributed by atoms with Gasteiger partial charge < -0.3 is 4.74 Å². The average Bonchev–Trinajstić information content (AvgIpc) is 2.49. The van der Waals surface area contributed by atoms with Crippen molar-refractivity contribution in [3.8, 4) is 5.75 Å². The van der Waals surface area contributed by atoms with Crippen molar-refractivity contribution in [1.82, 2.24) is 0 Å². The van der Waals surface area contributed by atoms with E-state index in [2.05, 4.69) is 10.5 Å². The Bertz CT molecular complexity index is 637. The van der Waals surface area contributed by atoms with Crippen LogP contribution in [0.4, 0.5) is 18.9 Å². The molecule has 2 aromatic carbocycles. The predicted molar refractivity (Wildman–Crippen MR) is 80.3 cm³/mol. The first-order chi connectivity index (χ1) is 10.5. The summed E-state index contributed by atoms with van der Waals surface area (Å²) in [7, 11) is 0. The Labute approximate surface area is 126 Å². The van der Waals surface area contributed by atoms with E-state index in [1.807, 2.05) is 6.92 Å². The molecule has 0 saturated heterocycles. The number of alkyl halides is 3. The number of anilines is 1. The van der Waals surface area contributed by atoms with Crippen molar-refractivity contribution in [2.75, 3.05) is 12.0 Å². The van der Waals surface area contributed by atoms with E-state index in [4.69, 9.17) is 4.74 Å². The zero-order valence-corrected chi connectivity index (χ0v) is 11.9. The molecule has 3 nitrogen and oxygen atoms in total. The highest BCUT2D eigenvalue weighted by atomic mass is 19.4. The van der Waals surface area contributed by atoms with Crippen LogP contribution in [0.2, 0.25) is 0 Å². The van der Waals surface area contributed by atoms with E-state index >= 15 is 0 Å². The lowest BCUT2D eigenvalue weighted by atomic mass is 10.2. The van der Waals surface area contributed by atoms with Crippen LogP contribution in [-0.4, -0.2) is 12.8 Å². The van der Waals surface area contributed by atoms with Crippen LogP contribution in [0, 0.1) is 0 Å². The minimum Gasteiger partial charge on any atom is -0.494 e.